The number of imidazole rings is 1. The molecule has 6 heteroatoms. The molecule has 1 atom stereocenters. The van der Waals surface area contributed by atoms with Crippen molar-refractivity contribution in [2.45, 2.75) is 6.42 Å². The van der Waals surface area contributed by atoms with Crippen LogP contribution in [0.1, 0.15) is 5.56 Å². The molecule has 1 unspecified atom stereocenters. The Balaban J connectivity index is 1.28. The Labute approximate surface area is 160 Å². The van der Waals surface area contributed by atoms with Crippen LogP contribution in [0.5, 0.6) is 5.75 Å². The van der Waals surface area contributed by atoms with Crippen LogP contribution in [-0.4, -0.2) is 21.9 Å². The third-order valence-electron chi connectivity index (χ3n) is 4.79. The summed E-state index contributed by atoms with van der Waals surface area (Å²) >= 11 is 1.61. The lowest BCUT2D eigenvalue weighted by Gasteiger charge is -2.24. The van der Waals surface area contributed by atoms with E-state index in [0.717, 1.165) is 33.2 Å². The highest BCUT2D eigenvalue weighted by molar-refractivity contribution is 7.15. The van der Waals surface area contributed by atoms with Gasteiger partial charge < -0.3 is 10.1 Å². The fourth-order valence-corrected chi connectivity index (χ4v) is 4.03. The number of benzene rings is 2. The van der Waals surface area contributed by atoms with Crippen molar-refractivity contribution >= 4 is 27.9 Å². The van der Waals surface area contributed by atoms with Gasteiger partial charge >= 0.3 is 0 Å². The predicted octanol–water partition coefficient (Wildman–Crippen LogP) is 4.25. The number of thiazole rings is 1. The van der Waals surface area contributed by atoms with E-state index < -0.39 is 0 Å². The lowest BCUT2D eigenvalue weighted by atomic mass is 9.96. The van der Waals surface area contributed by atoms with Crippen molar-refractivity contribution in [1.29, 1.82) is 0 Å². The summed E-state index contributed by atoms with van der Waals surface area (Å²) in [4.78, 5) is 18.2. The maximum Gasteiger partial charge on any atom is 0.231 e. The Bertz CT molecular complexity index is 1090. The molecule has 0 fully saturated rings. The van der Waals surface area contributed by atoms with E-state index in [1.807, 2.05) is 70.7 Å². The molecule has 0 bridgehead atoms. The molecule has 2 aromatic carbocycles. The topological polar surface area (TPSA) is 55.6 Å². The van der Waals surface area contributed by atoms with Gasteiger partial charge in [-0.15, -0.1) is 11.3 Å². The number of aromatic nitrogens is 2. The molecule has 2 aromatic heterocycles. The van der Waals surface area contributed by atoms with Crippen LogP contribution >= 0.6 is 11.3 Å². The zero-order valence-electron chi connectivity index (χ0n) is 14.5. The number of rotatable bonds is 3. The van der Waals surface area contributed by atoms with Crippen molar-refractivity contribution < 1.29 is 9.53 Å². The van der Waals surface area contributed by atoms with Crippen molar-refractivity contribution in [1.82, 2.24) is 9.38 Å². The summed E-state index contributed by atoms with van der Waals surface area (Å²) in [6.07, 6.45) is 4.71. The van der Waals surface area contributed by atoms with Crippen molar-refractivity contribution in [2.75, 3.05) is 11.9 Å². The van der Waals surface area contributed by atoms with Crippen molar-refractivity contribution in [3.8, 4) is 17.0 Å². The highest BCUT2D eigenvalue weighted by Crippen LogP contribution is 2.28. The second kappa shape index (κ2) is 6.55. The molecule has 0 radical (unpaired) electrons. The minimum absolute atomic E-state index is 0.0141. The molecule has 0 spiro atoms. The summed E-state index contributed by atoms with van der Waals surface area (Å²) in [6.45, 7) is 0.409. The SMILES string of the molecule is O=C(Nc1ccc(-c2cn3ccsc3n2)cc1)C1COc2ccccc2C1. The Morgan fingerprint density at radius 2 is 2.04 bits per heavy atom. The van der Waals surface area contributed by atoms with E-state index in [9.17, 15) is 4.79 Å². The molecule has 5 rings (SSSR count). The summed E-state index contributed by atoms with van der Waals surface area (Å²) in [5, 5.41) is 5.01. The molecule has 3 heterocycles. The molecule has 1 aliphatic heterocycles. The third-order valence-corrected chi connectivity index (χ3v) is 5.56. The van der Waals surface area contributed by atoms with Crippen LogP contribution in [0.4, 0.5) is 5.69 Å². The van der Waals surface area contributed by atoms with Gasteiger partial charge in [-0.25, -0.2) is 4.98 Å². The zero-order chi connectivity index (χ0) is 18.2. The van der Waals surface area contributed by atoms with Gasteiger partial charge in [0.2, 0.25) is 5.91 Å². The Morgan fingerprint density at radius 3 is 2.89 bits per heavy atom. The fourth-order valence-electron chi connectivity index (χ4n) is 3.33. The van der Waals surface area contributed by atoms with Gasteiger partial charge in [-0.2, -0.15) is 0 Å². The van der Waals surface area contributed by atoms with E-state index in [2.05, 4.69) is 10.3 Å². The number of nitrogens with zero attached hydrogens (tertiary/aromatic N) is 2. The van der Waals surface area contributed by atoms with Gasteiger partial charge in [0, 0.05) is 29.0 Å². The van der Waals surface area contributed by atoms with Gasteiger partial charge in [0.15, 0.2) is 4.96 Å². The minimum Gasteiger partial charge on any atom is -0.492 e. The number of nitrogens with one attached hydrogen (secondary N) is 1. The zero-order valence-corrected chi connectivity index (χ0v) is 15.3. The summed E-state index contributed by atoms with van der Waals surface area (Å²) in [5.41, 5.74) is 3.82. The van der Waals surface area contributed by atoms with Gasteiger partial charge in [-0.1, -0.05) is 30.3 Å². The van der Waals surface area contributed by atoms with E-state index in [1.54, 1.807) is 11.3 Å². The van der Waals surface area contributed by atoms with Crippen LogP contribution in [0.3, 0.4) is 0 Å². The molecule has 5 nitrogen and oxygen atoms in total. The molecule has 0 saturated carbocycles. The first-order valence-corrected chi connectivity index (χ1v) is 9.68. The van der Waals surface area contributed by atoms with Crippen LogP contribution in [0, 0.1) is 5.92 Å². The average molecular weight is 375 g/mol. The smallest absolute Gasteiger partial charge is 0.231 e. The largest absolute Gasteiger partial charge is 0.492 e. The molecule has 1 aliphatic rings. The van der Waals surface area contributed by atoms with Crippen molar-refractivity contribution in [3.05, 3.63) is 71.9 Å². The second-order valence-corrected chi connectivity index (χ2v) is 7.48. The quantitative estimate of drug-likeness (QED) is 0.582. The number of ether oxygens (including phenoxy) is 1. The summed E-state index contributed by atoms with van der Waals surface area (Å²) < 4.78 is 7.73. The van der Waals surface area contributed by atoms with Crippen LogP contribution in [0.15, 0.2) is 66.3 Å². The maximum atomic E-state index is 12.6. The Kier molecular flexibility index (Phi) is 3.90. The maximum absolute atomic E-state index is 12.6. The molecule has 4 aromatic rings. The van der Waals surface area contributed by atoms with Gasteiger partial charge in [0.05, 0.1) is 11.6 Å². The van der Waals surface area contributed by atoms with Gasteiger partial charge in [0.1, 0.15) is 12.4 Å². The fraction of sp³-hybridized carbons (Fsp3) is 0.143. The van der Waals surface area contributed by atoms with Crippen molar-refractivity contribution in [3.63, 3.8) is 0 Å². The van der Waals surface area contributed by atoms with E-state index in [4.69, 9.17) is 4.74 Å². The number of hydrogen-bond acceptors (Lipinski definition) is 4. The number of carbonyl (C=O) groups is 1. The predicted molar refractivity (Wildman–Crippen MR) is 106 cm³/mol. The van der Waals surface area contributed by atoms with Crippen LogP contribution in [0.25, 0.3) is 16.2 Å². The van der Waals surface area contributed by atoms with Crippen LogP contribution < -0.4 is 10.1 Å². The third kappa shape index (κ3) is 3.08. The van der Waals surface area contributed by atoms with Gasteiger partial charge in [0.25, 0.3) is 0 Å². The first-order chi connectivity index (χ1) is 13.3. The van der Waals surface area contributed by atoms with Crippen LogP contribution in [-0.2, 0) is 11.2 Å². The lowest BCUT2D eigenvalue weighted by molar-refractivity contribution is -0.121. The molecular formula is C21H17N3O2S. The molecule has 0 saturated heterocycles. The molecule has 1 amide bonds. The van der Waals surface area contributed by atoms with E-state index >= 15 is 0 Å². The average Bonchev–Trinajstić information content (AvgIpc) is 3.30. The number of carbonyl (C=O) groups excluding carboxylic acids is 1. The van der Waals surface area contributed by atoms with Crippen LogP contribution in [0.2, 0.25) is 0 Å². The Hall–Kier alpha value is -3.12. The molecular weight excluding hydrogens is 358 g/mol. The molecule has 27 heavy (non-hydrogen) atoms. The highest BCUT2D eigenvalue weighted by atomic mass is 32.1. The number of amides is 1. The monoisotopic (exact) mass is 375 g/mol. The second-order valence-electron chi connectivity index (χ2n) is 6.61. The lowest BCUT2D eigenvalue weighted by Crippen LogP contribution is -2.32. The number of hydrogen-bond donors (Lipinski definition) is 1. The molecule has 1 N–H and O–H groups in total. The number of anilines is 1. The first kappa shape index (κ1) is 16.1. The summed E-state index contributed by atoms with van der Waals surface area (Å²) in [7, 11) is 0. The Morgan fingerprint density at radius 1 is 1.19 bits per heavy atom. The molecule has 134 valence electrons. The normalized spacial score (nSPS) is 15.9. The van der Waals surface area contributed by atoms with E-state index in [-0.39, 0.29) is 11.8 Å². The van der Waals surface area contributed by atoms with Crippen molar-refractivity contribution in [2.24, 2.45) is 5.92 Å². The van der Waals surface area contributed by atoms with E-state index in [0.29, 0.717) is 13.0 Å². The molecule has 0 aliphatic carbocycles. The summed E-state index contributed by atoms with van der Waals surface area (Å²) in [5.74, 6) is 0.685. The first-order valence-electron chi connectivity index (χ1n) is 8.80. The van der Waals surface area contributed by atoms with E-state index in [1.165, 1.54) is 0 Å². The minimum atomic E-state index is -0.181. The van der Waals surface area contributed by atoms with Gasteiger partial charge in [-0.3, -0.25) is 9.20 Å². The van der Waals surface area contributed by atoms with Gasteiger partial charge in [-0.05, 0) is 30.2 Å². The number of para-hydroxylation sites is 1. The highest BCUT2D eigenvalue weighted by Gasteiger charge is 2.25. The summed E-state index contributed by atoms with van der Waals surface area (Å²) in [6, 6.07) is 15.7. The number of fused-ring (bicyclic) bond motifs is 2. The standard InChI is InChI=1S/C21H17N3O2S/c25-20(16-11-15-3-1-2-4-19(15)26-13-16)22-17-7-5-14(6-8-17)18-12-24-9-10-27-21(24)23-18/h1-10,12,16H,11,13H2,(H,22,25).